The molecule has 1 heterocycles. The maximum Gasteiger partial charge on any atom is 0.305 e. The largest absolute Gasteiger partial charge is 0.481 e. The van der Waals surface area contributed by atoms with Crippen molar-refractivity contribution in [2.45, 2.75) is 31.3 Å². The second-order valence-corrected chi connectivity index (χ2v) is 6.21. The zero-order valence-corrected chi connectivity index (χ0v) is 12.2. The molecule has 110 valence electrons. The standard InChI is InChI=1S/C16H16FNO2S/c17-12-4-1-3-11-10(12)6-7-13(11)18-14(9-16(19)20)15-5-2-8-21-15/h1-5,8,13-14,18H,6-7,9H2,(H,19,20). The van der Waals surface area contributed by atoms with Gasteiger partial charge in [0.15, 0.2) is 0 Å². The van der Waals surface area contributed by atoms with Gasteiger partial charge in [-0.05, 0) is 41.5 Å². The van der Waals surface area contributed by atoms with Gasteiger partial charge in [-0.3, -0.25) is 4.79 Å². The van der Waals surface area contributed by atoms with Crippen LogP contribution in [0, 0.1) is 5.82 Å². The molecule has 0 saturated carbocycles. The van der Waals surface area contributed by atoms with Crippen LogP contribution in [0.25, 0.3) is 0 Å². The van der Waals surface area contributed by atoms with Gasteiger partial charge in [0.1, 0.15) is 5.82 Å². The molecule has 2 N–H and O–H groups in total. The van der Waals surface area contributed by atoms with Crippen LogP contribution in [0.3, 0.4) is 0 Å². The fraction of sp³-hybridized carbons (Fsp3) is 0.312. The molecule has 2 aromatic rings. The monoisotopic (exact) mass is 305 g/mol. The van der Waals surface area contributed by atoms with Gasteiger partial charge in [-0.25, -0.2) is 4.39 Å². The lowest BCUT2D eigenvalue weighted by atomic mass is 10.1. The molecule has 3 rings (SSSR count). The summed E-state index contributed by atoms with van der Waals surface area (Å²) in [5, 5.41) is 14.4. The first-order valence-corrected chi connectivity index (χ1v) is 7.81. The highest BCUT2D eigenvalue weighted by Crippen LogP contribution is 2.35. The quantitative estimate of drug-likeness (QED) is 0.886. The number of carboxylic acid groups (broad SMARTS) is 1. The molecule has 1 aliphatic carbocycles. The summed E-state index contributed by atoms with van der Waals surface area (Å²) in [5.41, 5.74) is 1.72. The third-order valence-electron chi connectivity index (χ3n) is 3.88. The van der Waals surface area contributed by atoms with E-state index in [9.17, 15) is 9.18 Å². The molecule has 0 radical (unpaired) electrons. The molecule has 0 spiro atoms. The van der Waals surface area contributed by atoms with Gasteiger partial charge in [-0.15, -0.1) is 11.3 Å². The molecule has 0 aliphatic heterocycles. The number of halogens is 1. The number of carbonyl (C=O) groups is 1. The van der Waals surface area contributed by atoms with E-state index < -0.39 is 5.97 Å². The number of carboxylic acids is 1. The fourth-order valence-corrected chi connectivity index (χ4v) is 3.72. The Bertz CT molecular complexity index is 642. The van der Waals surface area contributed by atoms with Crippen LogP contribution in [0.15, 0.2) is 35.7 Å². The minimum absolute atomic E-state index is 0.0159. The minimum atomic E-state index is -0.835. The fourth-order valence-electron chi connectivity index (χ4n) is 2.93. The molecule has 1 aliphatic rings. The summed E-state index contributed by atoms with van der Waals surface area (Å²) in [4.78, 5) is 12.1. The summed E-state index contributed by atoms with van der Waals surface area (Å²) in [6, 6.07) is 8.76. The third kappa shape index (κ3) is 2.99. The van der Waals surface area contributed by atoms with Gasteiger partial charge in [0, 0.05) is 10.9 Å². The first-order chi connectivity index (χ1) is 10.1. The van der Waals surface area contributed by atoms with Crippen molar-refractivity contribution in [2.75, 3.05) is 0 Å². The van der Waals surface area contributed by atoms with Crippen LogP contribution in [0.5, 0.6) is 0 Å². The predicted octanol–water partition coefficient (Wildman–Crippen LogP) is 3.68. The number of fused-ring (bicyclic) bond motifs is 1. The van der Waals surface area contributed by atoms with Gasteiger partial charge < -0.3 is 10.4 Å². The summed E-state index contributed by atoms with van der Waals surface area (Å²) in [7, 11) is 0. The molecule has 2 unspecified atom stereocenters. The summed E-state index contributed by atoms with van der Waals surface area (Å²) in [6.07, 6.45) is 1.53. The smallest absolute Gasteiger partial charge is 0.305 e. The van der Waals surface area contributed by atoms with E-state index in [-0.39, 0.29) is 24.3 Å². The molecule has 0 amide bonds. The SMILES string of the molecule is O=C(O)CC(NC1CCc2c(F)cccc21)c1cccs1. The van der Waals surface area contributed by atoms with Crippen molar-refractivity contribution in [2.24, 2.45) is 0 Å². The average molecular weight is 305 g/mol. The number of nitrogens with one attached hydrogen (secondary N) is 1. The Morgan fingerprint density at radius 1 is 1.43 bits per heavy atom. The van der Waals surface area contributed by atoms with Crippen molar-refractivity contribution in [1.82, 2.24) is 5.32 Å². The molecule has 0 fully saturated rings. The van der Waals surface area contributed by atoms with Crippen molar-refractivity contribution in [1.29, 1.82) is 0 Å². The molecule has 5 heteroatoms. The maximum atomic E-state index is 13.8. The van der Waals surface area contributed by atoms with E-state index in [2.05, 4.69) is 5.32 Å². The lowest BCUT2D eigenvalue weighted by Gasteiger charge is -2.21. The Hall–Kier alpha value is -1.72. The minimum Gasteiger partial charge on any atom is -0.481 e. The molecule has 2 atom stereocenters. The number of aliphatic carboxylic acids is 1. The van der Waals surface area contributed by atoms with E-state index >= 15 is 0 Å². The van der Waals surface area contributed by atoms with Crippen LogP contribution in [0.4, 0.5) is 4.39 Å². The average Bonchev–Trinajstić information content (AvgIpc) is 3.08. The van der Waals surface area contributed by atoms with Crippen LogP contribution in [-0.2, 0) is 11.2 Å². The Morgan fingerprint density at radius 3 is 3.00 bits per heavy atom. The highest BCUT2D eigenvalue weighted by molar-refractivity contribution is 7.10. The number of hydrogen-bond acceptors (Lipinski definition) is 3. The summed E-state index contributed by atoms with van der Waals surface area (Å²) < 4.78 is 13.8. The second-order valence-electron chi connectivity index (χ2n) is 5.23. The van der Waals surface area contributed by atoms with Crippen molar-refractivity contribution in [3.8, 4) is 0 Å². The van der Waals surface area contributed by atoms with E-state index in [0.29, 0.717) is 6.42 Å². The topological polar surface area (TPSA) is 49.3 Å². The van der Waals surface area contributed by atoms with Crippen molar-refractivity contribution in [3.63, 3.8) is 0 Å². The molecule has 1 aromatic carbocycles. The lowest BCUT2D eigenvalue weighted by Crippen LogP contribution is -2.26. The molecular formula is C16H16FNO2S. The second kappa shape index (κ2) is 5.95. The lowest BCUT2D eigenvalue weighted by molar-refractivity contribution is -0.137. The van der Waals surface area contributed by atoms with E-state index in [1.54, 1.807) is 17.4 Å². The van der Waals surface area contributed by atoms with Gasteiger partial charge in [-0.1, -0.05) is 18.2 Å². The van der Waals surface area contributed by atoms with Gasteiger partial charge in [0.25, 0.3) is 0 Å². The van der Waals surface area contributed by atoms with Crippen LogP contribution >= 0.6 is 11.3 Å². The van der Waals surface area contributed by atoms with E-state index in [0.717, 1.165) is 22.4 Å². The van der Waals surface area contributed by atoms with E-state index in [1.807, 2.05) is 23.6 Å². The molecule has 0 saturated heterocycles. The van der Waals surface area contributed by atoms with E-state index in [4.69, 9.17) is 5.11 Å². The molecule has 21 heavy (non-hydrogen) atoms. The normalized spacial score (nSPS) is 18.4. The summed E-state index contributed by atoms with van der Waals surface area (Å²) in [5.74, 6) is -0.999. The molecule has 3 nitrogen and oxygen atoms in total. The first kappa shape index (κ1) is 14.2. The maximum absolute atomic E-state index is 13.8. The van der Waals surface area contributed by atoms with E-state index in [1.165, 1.54) is 6.07 Å². The van der Waals surface area contributed by atoms with Crippen molar-refractivity contribution >= 4 is 17.3 Å². The first-order valence-electron chi connectivity index (χ1n) is 6.93. The van der Waals surface area contributed by atoms with Gasteiger partial charge in [-0.2, -0.15) is 0 Å². The number of thiophene rings is 1. The predicted molar refractivity (Wildman–Crippen MR) is 79.9 cm³/mol. The Kier molecular flexibility index (Phi) is 4.03. The van der Waals surface area contributed by atoms with Gasteiger partial charge in [0.05, 0.1) is 12.5 Å². The highest BCUT2D eigenvalue weighted by atomic mass is 32.1. The molecule has 1 aromatic heterocycles. The Labute approximate surface area is 126 Å². The summed E-state index contributed by atoms with van der Waals surface area (Å²) in [6.45, 7) is 0. The van der Waals surface area contributed by atoms with Crippen LogP contribution in [0.1, 0.15) is 40.9 Å². The van der Waals surface area contributed by atoms with Crippen LogP contribution < -0.4 is 5.32 Å². The highest BCUT2D eigenvalue weighted by Gasteiger charge is 2.28. The molecule has 0 bridgehead atoms. The van der Waals surface area contributed by atoms with Crippen LogP contribution in [0.2, 0.25) is 0 Å². The van der Waals surface area contributed by atoms with Crippen molar-refractivity contribution < 1.29 is 14.3 Å². The van der Waals surface area contributed by atoms with Crippen molar-refractivity contribution in [3.05, 3.63) is 57.5 Å². The number of hydrogen-bond donors (Lipinski definition) is 2. The Morgan fingerprint density at radius 2 is 2.29 bits per heavy atom. The summed E-state index contributed by atoms with van der Waals surface area (Å²) >= 11 is 1.54. The van der Waals surface area contributed by atoms with Gasteiger partial charge >= 0.3 is 5.97 Å². The zero-order chi connectivity index (χ0) is 14.8. The zero-order valence-electron chi connectivity index (χ0n) is 11.4. The van der Waals surface area contributed by atoms with Crippen LogP contribution in [-0.4, -0.2) is 11.1 Å². The van der Waals surface area contributed by atoms with Gasteiger partial charge in [0.2, 0.25) is 0 Å². The molecular weight excluding hydrogens is 289 g/mol. The Balaban J connectivity index is 1.82. The number of rotatable bonds is 5. The third-order valence-corrected chi connectivity index (χ3v) is 4.87. The number of benzene rings is 1.